The molecule has 0 aliphatic heterocycles. The van der Waals surface area contributed by atoms with Crippen LogP contribution < -0.4 is 0 Å². The Morgan fingerprint density at radius 2 is 1.75 bits per heavy atom. The molecule has 3 aliphatic carbocycles. The first-order valence-electron chi connectivity index (χ1n) is 9.19. The fraction of sp³-hybridized carbons (Fsp3) is 0.524. The maximum atomic E-state index is 11.0. The molecule has 0 aromatic heterocycles. The molecular weight excluding hydrogens is 428 g/mol. The van der Waals surface area contributed by atoms with Crippen molar-refractivity contribution in [1.82, 2.24) is 0 Å². The molecule has 3 aliphatic rings. The molecule has 0 spiro atoms. The normalized spacial score (nSPS) is 26.7. The molecule has 128 valence electrons. The quantitative estimate of drug-likeness (QED) is 0.471. The van der Waals surface area contributed by atoms with Gasteiger partial charge >= 0.3 is 0 Å². The van der Waals surface area contributed by atoms with E-state index >= 15 is 0 Å². The lowest BCUT2D eigenvalue weighted by atomic mass is 9.72. The van der Waals surface area contributed by atoms with Crippen LogP contribution in [-0.2, 0) is 12.8 Å². The van der Waals surface area contributed by atoms with Crippen molar-refractivity contribution in [2.24, 2.45) is 5.92 Å². The van der Waals surface area contributed by atoms with Crippen molar-refractivity contribution in [3.8, 4) is 5.75 Å². The molecule has 0 heterocycles. The average Bonchev–Trinajstić information content (AvgIpc) is 2.58. The molecule has 1 fully saturated rings. The van der Waals surface area contributed by atoms with Crippen molar-refractivity contribution in [2.75, 3.05) is 0 Å². The summed E-state index contributed by atoms with van der Waals surface area (Å²) in [6.45, 7) is 2.30. The van der Waals surface area contributed by atoms with Crippen LogP contribution in [0.4, 0.5) is 0 Å². The molecule has 0 radical (unpaired) electrons. The predicted molar refractivity (Wildman–Crippen MR) is 108 cm³/mol. The van der Waals surface area contributed by atoms with Crippen LogP contribution in [0.15, 0.2) is 27.8 Å². The van der Waals surface area contributed by atoms with Crippen molar-refractivity contribution >= 4 is 37.4 Å². The Morgan fingerprint density at radius 1 is 1.04 bits per heavy atom. The highest BCUT2D eigenvalue weighted by molar-refractivity contribution is 9.10. The molecule has 1 nitrogen and oxygen atoms in total. The number of alkyl halides is 1. The van der Waals surface area contributed by atoms with Crippen LogP contribution in [-0.4, -0.2) is 9.93 Å². The van der Waals surface area contributed by atoms with Crippen LogP contribution in [0.3, 0.4) is 0 Å². The second-order valence-electron chi connectivity index (χ2n) is 7.45. The summed E-state index contributed by atoms with van der Waals surface area (Å²) < 4.78 is 0.858. The minimum absolute atomic E-state index is 0.363. The molecule has 3 heteroatoms. The summed E-state index contributed by atoms with van der Waals surface area (Å²) in [4.78, 5) is 0.363. The Balaban J connectivity index is 1.98. The monoisotopic (exact) mass is 450 g/mol. The van der Waals surface area contributed by atoms with Crippen molar-refractivity contribution in [3.63, 3.8) is 0 Å². The Kier molecular flexibility index (Phi) is 4.68. The molecular formula is C21H24Br2O. The smallest absolute Gasteiger partial charge is 0.137 e. The van der Waals surface area contributed by atoms with Crippen LogP contribution >= 0.6 is 31.9 Å². The van der Waals surface area contributed by atoms with Gasteiger partial charge in [-0.1, -0.05) is 28.9 Å². The van der Waals surface area contributed by atoms with Gasteiger partial charge in [0, 0.05) is 10.4 Å². The molecule has 24 heavy (non-hydrogen) atoms. The van der Waals surface area contributed by atoms with Crippen LogP contribution in [0.25, 0.3) is 5.57 Å². The number of allylic oxidation sites excluding steroid dienone is 4. The van der Waals surface area contributed by atoms with Crippen molar-refractivity contribution < 1.29 is 5.11 Å². The van der Waals surface area contributed by atoms with Crippen LogP contribution in [0, 0.1) is 5.92 Å². The fourth-order valence-electron chi connectivity index (χ4n) is 4.72. The molecule has 0 bridgehead atoms. The van der Waals surface area contributed by atoms with Crippen LogP contribution in [0.5, 0.6) is 5.75 Å². The average molecular weight is 452 g/mol. The zero-order valence-electron chi connectivity index (χ0n) is 14.2. The molecule has 1 N–H and O–H groups in total. The van der Waals surface area contributed by atoms with Crippen LogP contribution in [0.1, 0.15) is 62.1 Å². The van der Waals surface area contributed by atoms with E-state index in [9.17, 15) is 5.11 Å². The zero-order valence-corrected chi connectivity index (χ0v) is 17.3. The van der Waals surface area contributed by atoms with E-state index in [1.54, 1.807) is 0 Å². The molecule has 1 saturated carbocycles. The molecule has 1 aromatic carbocycles. The maximum absolute atomic E-state index is 11.0. The third kappa shape index (κ3) is 2.72. The lowest BCUT2D eigenvalue weighted by molar-refractivity contribution is 0.466. The standard InChI is InChI=1S/C21H24Br2O/c1-12-17(22)10-13-6-2-4-8-15(13)19(12)20-16-9-5-3-7-14(16)11-18(23)21(20)24/h10-12,17,24H,2-9H2,1H3/t12?,17-/m0/s1. The lowest BCUT2D eigenvalue weighted by Crippen LogP contribution is -2.22. The first kappa shape index (κ1) is 16.9. The summed E-state index contributed by atoms with van der Waals surface area (Å²) in [5.74, 6) is 0.851. The first-order chi connectivity index (χ1) is 11.6. The van der Waals surface area contributed by atoms with Gasteiger partial charge in [0.05, 0.1) is 4.47 Å². The molecule has 1 aromatic rings. The van der Waals surface area contributed by atoms with Crippen molar-refractivity contribution in [2.45, 2.75) is 63.1 Å². The predicted octanol–water partition coefficient (Wildman–Crippen LogP) is 6.70. The molecule has 0 amide bonds. The minimum Gasteiger partial charge on any atom is -0.506 e. The second kappa shape index (κ2) is 6.64. The van der Waals surface area contributed by atoms with E-state index in [1.807, 2.05) is 0 Å². The number of aryl methyl sites for hydroxylation is 1. The van der Waals surface area contributed by atoms with Gasteiger partial charge in [-0.25, -0.2) is 0 Å². The topological polar surface area (TPSA) is 20.2 Å². The van der Waals surface area contributed by atoms with Gasteiger partial charge in [0.1, 0.15) is 5.75 Å². The van der Waals surface area contributed by atoms with Gasteiger partial charge in [-0.05, 0) is 107 Å². The maximum Gasteiger partial charge on any atom is 0.137 e. The molecule has 4 rings (SSSR count). The summed E-state index contributed by atoms with van der Waals surface area (Å²) >= 11 is 7.50. The fourth-order valence-corrected chi connectivity index (χ4v) is 5.77. The number of hydrogen-bond acceptors (Lipinski definition) is 1. The van der Waals surface area contributed by atoms with Gasteiger partial charge in [-0.2, -0.15) is 0 Å². The highest BCUT2D eigenvalue weighted by atomic mass is 79.9. The summed E-state index contributed by atoms with van der Waals surface area (Å²) in [5.41, 5.74) is 8.43. The number of fused-ring (bicyclic) bond motifs is 2. The van der Waals surface area contributed by atoms with Crippen molar-refractivity contribution in [1.29, 1.82) is 0 Å². The van der Waals surface area contributed by atoms with E-state index in [-0.39, 0.29) is 0 Å². The highest BCUT2D eigenvalue weighted by Gasteiger charge is 2.33. The van der Waals surface area contributed by atoms with Gasteiger partial charge in [0.2, 0.25) is 0 Å². The number of hydrogen-bond donors (Lipinski definition) is 1. The van der Waals surface area contributed by atoms with E-state index in [0.29, 0.717) is 16.5 Å². The molecule has 2 atom stereocenters. The number of rotatable bonds is 1. The van der Waals surface area contributed by atoms with Crippen molar-refractivity contribution in [3.05, 3.63) is 44.5 Å². The van der Waals surface area contributed by atoms with Gasteiger partial charge in [0.25, 0.3) is 0 Å². The largest absolute Gasteiger partial charge is 0.506 e. The number of benzene rings is 1. The number of phenols is 1. The Morgan fingerprint density at radius 3 is 2.58 bits per heavy atom. The molecule has 0 saturated heterocycles. The number of aromatic hydroxyl groups is 1. The lowest BCUT2D eigenvalue weighted by Gasteiger charge is -2.35. The van der Waals surface area contributed by atoms with Crippen LogP contribution in [0.2, 0.25) is 0 Å². The zero-order chi connectivity index (χ0) is 16.8. The molecule has 1 unspecified atom stereocenters. The van der Waals surface area contributed by atoms with E-state index < -0.39 is 0 Å². The van der Waals surface area contributed by atoms with Gasteiger partial charge in [0.15, 0.2) is 0 Å². The summed E-state index contributed by atoms with van der Waals surface area (Å²) in [6, 6.07) is 2.15. The summed E-state index contributed by atoms with van der Waals surface area (Å²) in [5, 5.41) is 11.0. The Bertz CT molecular complexity index is 745. The summed E-state index contributed by atoms with van der Waals surface area (Å²) in [6.07, 6.45) is 12.1. The third-order valence-corrected chi connectivity index (χ3v) is 7.64. The third-order valence-electron chi connectivity index (χ3n) is 5.97. The highest BCUT2D eigenvalue weighted by Crippen LogP contribution is 2.50. The van der Waals surface area contributed by atoms with E-state index in [1.165, 1.54) is 60.0 Å². The van der Waals surface area contributed by atoms with E-state index in [4.69, 9.17) is 0 Å². The summed E-state index contributed by atoms with van der Waals surface area (Å²) in [7, 11) is 0. The second-order valence-corrected chi connectivity index (χ2v) is 9.36. The Labute approximate surface area is 161 Å². The van der Waals surface area contributed by atoms with E-state index in [0.717, 1.165) is 29.3 Å². The van der Waals surface area contributed by atoms with Gasteiger partial charge in [-0.15, -0.1) is 0 Å². The number of halogens is 2. The van der Waals surface area contributed by atoms with Gasteiger partial charge < -0.3 is 5.11 Å². The van der Waals surface area contributed by atoms with Gasteiger partial charge in [-0.3, -0.25) is 0 Å². The number of phenolic OH excluding ortho intramolecular Hbond substituents is 1. The SMILES string of the molecule is CC1C(c2c(O)c(Br)cc3c2CCCC3)=C2CCCCC2=C[C@@H]1Br. The minimum atomic E-state index is 0.363. The van der Waals surface area contributed by atoms with E-state index in [2.05, 4.69) is 50.9 Å². The Hall–Kier alpha value is -0.540. The first-order valence-corrected chi connectivity index (χ1v) is 10.9.